The zero-order valence-electron chi connectivity index (χ0n) is 15.9. The van der Waals surface area contributed by atoms with Crippen molar-refractivity contribution >= 4 is 37.3 Å². The maximum atomic E-state index is 12.4. The third-order valence-electron chi connectivity index (χ3n) is 4.24. The van der Waals surface area contributed by atoms with Gasteiger partial charge >= 0.3 is 0 Å². The van der Waals surface area contributed by atoms with Gasteiger partial charge < -0.3 is 14.0 Å². The Morgan fingerprint density at radius 1 is 1.07 bits per heavy atom. The summed E-state index contributed by atoms with van der Waals surface area (Å²) in [5, 5.41) is 0. The van der Waals surface area contributed by atoms with Gasteiger partial charge in [-0.05, 0) is 29.8 Å². The van der Waals surface area contributed by atoms with Crippen molar-refractivity contribution in [2.45, 2.75) is 11.3 Å². The first kappa shape index (κ1) is 20.1. The second kappa shape index (κ2) is 7.76. The molecular formula is C19H20N2O5S2. The van der Waals surface area contributed by atoms with Crippen LogP contribution in [0.2, 0.25) is 0 Å². The second-order valence-electron chi connectivity index (χ2n) is 6.19. The molecule has 0 unspecified atom stereocenters. The second-order valence-corrected chi connectivity index (χ2v) is 9.18. The van der Waals surface area contributed by atoms with Gasteiger partial charge in [0.15, 0.2) is 14.6 Å². The van der Waals surface area contributed by atoms with Crippen LogP contribution < -0.4 is 14.3 Å². The zero-order valence-corrected chi connectivity index (χ0v) is 17.6. The monoisotopic (exact) mass is 420 g/mol. The molecular weight excluding hydrogens is 400 g/mol. The van der Waals surface area contributed by atoms with E-state index >= 15 is 0 Å². The first-order valence-electron chi connectivity index (χ1n) is 8.31. The lowest BCUT2D eigenvalue weighted by molar-refractivity contribution is -0.117. The van der Waals surface area contributed by atoms with Gasteiger partial charge in [-0.15, -0.1) is 0 Å². The Labute approximate surface area is 166 Å². The Bertz CT molecular complexity index is 1210. The van der Waals surface area contributed by atoms with Crippen molar-refractivity contribution < 1.29 is 22.7 Å². The summed E-state index contributed by atoms with van der Waals surface area (Å²) in [5.41, 5.74) is 1.50. The Morgan fingerprint density at radius 3 is 2.25 bits per heavy atom. The fraction of sp³-hybridized carbons (Fsp3) is 0.263. The minimum absolute atomic E-state index is 0.0759. The van der Waals surface area contributed by atoms with E-state index in [9.17, 15) is 13.2 Å². The van der Waals surface area contributed by atoms with Crippen LogP contribution >= 0.6 is 11.3 Å². The summed E-state index contributed by atoms with van der Waals surface area (Å²) in [5.74, 6) is 1.02. The number of fused-ring (bicyclic) bond motifs is 1. The summed E-state index contributed by atoms with van der Waals surface area (Å²) < 4.78 is 36.5. The Balaban J connectivity index is 1.96. The van der Waals surface area contributed by atoms with Gasteiger partial charge in [0, 0.05) is 13.3 Å². The topological polar surface area (TPSA) is 87.0 Å². The molecule has 1 aromatic heterocycles. The molecule has 0 bridgehead atoms. The summed E-state index contributed by atoms with van der Waals surface area (Å²) in [6.07, 6.45) is 1.22. The number of amides is 1. The molecule has 0 N–H and O–H groups in total. The van der Waals surface area contributed by atoms with E-state index in [1.54, 1.807) is 30.9 Å². The molecule has 1 amide bonds. The smallest absolute Gasteiger partial charge is 0.252 e. The molecule has 3 aromatic rings. The average molecular weight is 421 g/mol. The fourth-order valence-corrected chi connectivity index (χ4v) is 4.58. The van der Waals surface area contributed by atoms with E-state index in [-0.39, 0.29) is 17.2 Å². The molecule has 7 nitrogen and oxygen atoms in total. The highest BCUT2D eigenvalue weighted by molar-refractivity contribution is 7.90. The third kappa shape index (κ3) is 3.95. The molecule has 3 rings (SSSR count). The van der Waals surface area contributed by atoms with Gasteiger partial charge in [0.25, 0.3) is 5.91 Å². The largest absolute Gasteiger partial charge is 0.495 e. The minimum Gasteiger partial charge on any atom is -0.495 e. The summed E-state index contributed by atoms with van der Waals surface area (Å²) in [4.78, 5) is 17.4. The molecule has 0 radical (unpaired) electrons. The summed E-state index contributed by atoms with van der Waals surface area (Å²) in [6.45, 7) is 0. The number of carbonyl (C=O) groups excluding carboxylic acids is 1. The van der Waals surface area contributed by atoms with Crippen molar-refractivity contribution in [3.63, 3.8) is 0 Å². The van der Waals surface area contributed by atoms with Crippen LogP contribution in [0, 0.1) is 0 Å². The van der Waals surface area contributed by atoms with Crippen LogP contribution in [0.15, 0.2) is 46.3 Å². The van der Waals surface area contributed by atoms with E-state index in [1.807, 2.05) is 19.2 Å². The van der Waals surface area contributed by atoms with Crippen molar-refractivity contribution in [2.24, 2.45) is 12.0 Å². The van der Waals surface area contributed by atoms with Crippen LogP contribution in [0.25, 0.3) is 10.2 Å². The van der Waals surface area contributed by atoms with Crippen LogP contribution in [-0.4, -0.2) is 39.4 Å². The number of benzene rings is 2. The number of aromatic nitrogens is 1. The maximum absolute atomic E-state index is 12.4. The van der Waals surface area contributed by atoms with Crippen molar-refractivity contribution in [3.8, 4) is 11.5 Å². The molecule has 28 heavy (non-hydrogen) atoms. The van der Waals surface area contributed by atoms with Gasteiger partial charge in [0.1, 0.15) is 21.7 Å². The number of ether oxygens (including phenoxy) is 2. The maximum Gasteiger partial charge on any atom is 0.252 e. The molecule has 0 aliphatic carbocycles. The molecule has 0 aliphatic heterocycles. The normalized spacial score (nSPS) is 12.4. The highest BCUT2D eigenvalue weighted by Gasteiger charge is 2.14. The van der Waals surface area contributed by atoms with Gasteiger partial charge in [-0.25, -0.2) is 8.42 Å². The predicted octanol–water partition coefficient (Wildman–Crippen LogP) is 2.33. The Kier molecular flexibility index (Phi) is 5.57. The number of thiazole rings is 1. The van der Waals surface area contributed by atoms with E-state index in [1.165, 1.54) is 23.5 Å². The van der Waals surface area contributed by atoms with Gasteiger partial charge in [-0.1, -0.05) is 23.5 Å². The van der Waals surface area contributed by atoms with E-state index in [0.29, 0.717) is 21.9 Å². The minimum atomic E-state index is -3.26. The third-order valence-corrected chi connectivity index (χ3v) is 6.52. The predicted molar refractivity (Wildman–Crippen MR) is 108 cm³/mol. The van der Waals surface area contributed by atoms with E-state index in [0.717, 1.165) is 16.5 Å². The fourth-order valence-electron chi connectivity index (χ4n) is 2.80. The summed E-state index contributed by atoms with van der Waals surface area (Å²) >= 11 is 1.34. The van der Waals surface area contributed by atoms with Gasteiger partial charge in [-0.2, -0.15) is 4.99 Å². The first-order valence-corrected chi connectivity index (χ1v) is 11.0. The van der Waals surface area contributed by atoms with Gasteiger partial charge in [0.2, 0.25) is 0 Å². The average Bonchev–Trinajstić information content (AvgIpc) is 2.97. The summed E-state index contributed by atoms with van der Waals surface area (Å²) in [7, 11) is 1.72. The lowest BCUT2D eigenvalue weighted by Gasteiger charge is -2.06. The van der Waals surface area contributed by atoms with Crippen LogP contribution in [0.1, 0.15) is 5.56 Å². The molecule has 1 heterocycles. The molecule has 148 valence electrons. The lowest BCUT2D eigenvalue weighted by Crippen LogP contribution is -2.14. The molecule has 0 spiro atoms. The molecule has 0 aliphatic rings. The van der Waals surface area contributed by atoms with Crippen molar-refractivity contribution in [3.05, 3.63) is 46.8 Å². The highest BCUT2D eigenvalue weighted by atomic mass is 32.2. The number of sulfone groups is 1. The Morgan fingerprint density at radius 2 is 1.68 bits per heavy atom. The first-order chi connectivity index (χ1) is 13.2. The van der Waals surface area contributed by atoms with Gasteiger partial charge in [0.05, 0.1) is 25.5 Å². The number of hydrogen-bond donors (Lipinski definition) is 0. The molecule has 0 saturated carbocycles. The quantitative estimate of drug-likeness (QED) is 0.632. The van der Waals surface area contributed by atoms with Crippen LogP contribution in [0.3, 0.4) is 0 Å². The van der Waals surface area contributed by atoms with Crippen LogP contribution in [-0.2, 0) is 28.1 Å². The molecule has 0 atom stereocenters. The highest BCUT2D eigenvalue weighted by Crippen LogP contribution is 2.34. The van der Waals surface area contributed by atoms with Crippen LogP contribution in [0.4, 0.5) is 0 Å². The number of carbonyl (C=O) groups is 1. The van der Waals surface area contributed by atoms with E-state index in [4.69, 9.17) is 9.47 Å². The number of rotatable bonds is 5. The SMILES string of the molecule is COc1ccc(OC)c2c1sc(=NC(=O)Cc1ccc(S(C)(=O)=O)cc1)n2C. The van der Waals surface area contributed by atoms with Crippen molar-refractivity contribution in [1.82, 2.24) is 4.57 Å². The van der Waals surface area contributed by atoms with Crippen molar-refractivity contribution in [1.29, 1.82) is 0 Å². The summed E-state index contributed by atoms with van der Waals surface area (Å²) in [6, 6.07) is 9.86. The zero-order chi connectivity index (χ0) is 20.5. The molecule has 0 saturated heterocycles. The lowest BCUT2D eigenvalue weighted by atomic mass is 10.1. The number of methoxy groups -OCH3 is 2. The standard InChI is InChI=1S/C19H20N2O5S2/c1-21-17-14(25-2)9-10-15(26-3)18(17)27-19(21)20-16(22)11-12-5-7-13(8-6-12)28(4,23)24/h5-10H,11H2,1-4H3. The molecule has 2 aromatic carbocycles. The molecule has 9 heteroatoms. The van der Waals surface area contributed by atoms with E-state index in [2.05, 4.69) is 4.99 Å². The Hall–Kier alpha value is -2.65. The number of hydrogen-bond acceptors (Lipinski definition) is 6. The van der Waals surface area contributed by atoms with E-state index < -0.39 is 9.84 Å². The number of nitrogens with zero attached hydrogens (tertiary/aromatic N) is 2. The van der Waals surface area contributed by atoms with Crippen molar-refractivity contribution in [2.75, 3.05) is 20.5 Å². The molecule has 0 fully saturated rings. The van der Waals surface area contributed by atoms with Crippen LogP contribution in [0.5, 0.6) is 11.5 Å². The van der Waals surface area contributed by atoms with Gasteiger partial charge in [-0.3, -0.25) is 4.79 Å². The number of aryl methyl sites for hydroxylation is 1.